The number of pyridine rings is 1. The number of aromatic nitrogens is 1. The van der Waals surface area contributed by atoms with E-state index in [1.165, 1.54) is 17.2 Å². The van der Waals surface area contributed by atoms with E-state index in [4.69, 9.17) is 16.8 Å². The van der Waals surface area contributed by atoms with Crippen molar-refractivity contribution in [3.63, 3.8) is 0 Å². The first-order valence-corrected chi connectivity index (χ1v) is 8.92. The van der Waals surface area contributed by atoms with Gasteiger partial charge in [-0.25, -0.2) is 14.9 Å². The van der Waals surface area contributed by atoms with Crippen LogP contribution < -0.4 is 10.8 Å². The minimum Gasteiger partial charge on any atom is -0.366 e. The second-order valence-corrected chi connectivity index (χ2v) is 6.84. The molecular formula is C19H22Cl3FN4O2. The quantitative estimate of drug-likeness (QED) is 0.342. The molecule has 1 atom stereocenters. The highest BCUT2D eigenvalue weighted by atomic mass is 35.5. The topological polar surface area (TPSA) is 77.5 Å². The molecule has 29 heavy (non-hydrogen) atoms. The van der Waals surface area contributed by atoms with Crippen LogP contribution in [0, 0.1) is 0 Å². The SMILES string of the molecule is Cl.Cl.O=C(NO)/C(F)=C/c1ccc(N[C@@H]2CCN(Cc3ccc(Cl)cc3)C2)nc1. The molecule has 0 saturated carbocycles. The molecule has 1 saturated heterocycles. The predicted molar refractivity (Wildman–Crippen MR) is 117 cm³/mol. The summed E-state index contributed by atoms with van der Waals surface area (Å²) >= 11 is 5.92. The molecule has 1 aliphatic rings. The van der Waals surface area contributed by atoms with Gasteiger partial charge in [0, 0.05) is 36.9 Å². The van der Waals surface area contributed by atoms with E-state index in [0.717, 1.165) is 37.2 Å². The Bertz CT molecular complexity index is 819. The molecule has 0 bridgehead atoms. The van der Waals surface area contributed by atoms with Crippen LogP contribution in [0.4, 0.5) is 10.2 Å². The Labute approximate surface area is 185 Å². The van der Waals surface area contributed by atoms with Crippen LogP contribution in [0.25, 0.3) is 6.08 Å². The van der Waals surface area contributed by atoms with Crippen molar-refractivity contribution in [3.05, 3.63) is 64.6 Å². The number of benzene rings is 1. The number of likely N-dealkylation sites (tertiary alicyclic amines) is 1. The summed E-state index contributed by atoms with van der Waals surface area (Å²) in [7, 11) is 0. The first-order valence-electron chi connectivity index (χ1n) is 8.54. The van der Waals surface area contributed by atoms with Crippen LogP contribution in [-0.2, 0) is 11.3 Å². The molecule has 3 N–H and O–H groups in total. The number of hydrogen-bond donors (Lipinski definition) is 3. The third-order valence-electron chi connectivity index (χ3n) is 4.34. The van der Waals surface area contributed by atoms with E-state index in [0.29, 0.717) is 11.4 Å². The molecule has 1 amide bonds. The van der Waals surface area contributed by atoms with Gasteiger partial charge in [-0.05, 0) is 47.9 Å². The van der Waals surface area contributed by atoms with Crippen LogP contribution in [0.2, 0.25) is 5.02 Å². The highest BCUT2D eigenvalue weighted by Crippen LogP contribution is 2.19. The minimum atomic E-state index is -1.19. The fraction of sp³-hybridized carbons (Fsp3) is 0.263. The first kappa shape index (κ1) is 25.1. The Hall–Kier alpha value is -1.90. The van der Waals surface area contributed by atoms with Crippen LogP contribution in [0.5, 0.6) is 0 Å². The van der Waals surface area contributed by atoms with Crippen LogP contribution in [0.1, 0.15) is 17.5 Å². The Balaban J connectivity index is 0.00000210. The van der Waals surface area contributed by atoms with Crippen molar-refractivity contribution in [2.45, 2.75) is 19.0 Å². The van der Waals surface area contributed by atoms with Gasteiger partial charge in [-0.3, -0.25) is 14.9 Å². The molecule has 2 aromatic rings. The van der Waals surface area contributed by atoms with Gasteiger partial charge in [0.15, 0.2) is 5.83 Å². The monoisotopic (exact) mass is 462 g/mol. The lowest BCUT2D eigenvalue weighted by atomic mass is 10.2. The average Bonchev–Trinajstić information content (AvgIpc) is 3.11. The van der Waals surface area contributed by atoms with Gasteiger partial charge in [0.1, 0.15) is 5.82 Å². The standard InChI is InChI=1S/C19H20ClFN4O2.2ClH/c20-15-4-1-13(2-5-15)11-25-8-7-16(12-25)23-18-6-3-14(10-22-18)9-17(21)19(26)24-27;;/h1-6,9-10,16,27H,7-8,11-12H2,(H,22,23)(H,24,26);2*1H/b17-9-;;/t16-;;/m1../s1. The largest absolute Gasteiger partial charge is 0.366 e. The molecule has 158 valence electrons. The summed E-state index contributed by atoms with van der Waals surface area (Å²) in [6.45, 7) is 2.76. The van der Waals surface area contributed by atoms with Crippen LogP contribution >= 0.6 is 36.4 Å². The van der Waals surface area contributed by atoms with E-state index < -0.39 is 11.7 Å². The molecule has 0 radical (unpaired) electrons. The number of carbonyl (C=O) groups is 1. The Kier molecular flexibility index (Phi) is 10.4. The van der Waals surface area contributed by atoms with Crippen molar-refractivity contribution >= 4 is 54.2 Å². The second kappa shape index (κ2) is 11.9. The van der Waals surface area contributed by atoms with Gasteiger partial charge in [-0.15, -0.1) is 24.8 Å². The molecule has 1 aliphatic heterocycles. The first-order chi connectivity index (χ1) is 13.0. The smallest absolute Gasteiger partial charge is 0.303 e. The maximum absolute atomic E-state index is 13.4. The van der Waals surface area contributed by atoms with Gasteiger partial charge in [0.25, 0.3) is 0 Å². The zero-order chi connectivity index (χ0) is 19.2. The fourth-order valence-corrected chi connectivity index (χ4v) is 3.12. The Morgan fingerprint density at radius 1 is 1.28 bits per heavy atom. The van der Waals surface area contributed by atoms with E-state index in [2.05, 4.69) is 15.2 Å². The number of hydroxylamine groups is 1. The molecule has 0 aliphatic carbocycles. The van der Waals surface area contributed by atoms with E-state index in [1.54, 1.807) is 12.1 Å². The van der Waals surface area contributed by atoms with Crippen molar-refractivity contribution in [1.82, 2.24) is 15.4 Å². The lowest BCUT2D eigenvalue weighted by molar-refractivity contribution is -0.126. The number of hydrogen-bond acceptors (Lipinski definition) is 5. The predicted octanol–water partition coefficient (Wildman–Crippen LogP) is 4.08. The summed E-state index contributed by atoms with van der Waals surface area (Å²) in [6.07, 6.45) is 3.47. The Morgan fingerprint density at radius 2 is 2.00 bits per heavy atom. The maximum atomic E-state index is 13.4. The van der Waals surface area contributed by atoms with E-state index in [9.17, 15) is 9.18 Å². The average molecular weight is 464 g/mol. The molecule has 2 heterocycles. The molecule has 1 aromatic heterocycles. The van der Waals surface area contributed by atoms with Gasteiger partial charge in [-0.2, -0.15) is 0 Å². The third kappa shape index (κ3) is 7.45. The summed E-state index contributed by atoms with van der Waals surface area (Å²) in [5.74, 6) is -1.59. The maximum Gasteiger partial charge on any atom is 0.303 e. The second-order valence-electron chi connectivity index (χ2n) is 6.40. The van der Waals surface area contributed by atoms with Crippen LogP contribution in [0.15, 0.2) is 48.4 Å². The molecule has 0 unspecified atom stereocenters. The zero-order valence-electron chi connectivity index (χ0n) is 15.3. The van der Waals surface area contributed by atoms with Crippen LogP contribution in [-0.4, -0.2) is 40.1 Å². The molecule has 3 rings (SSSR count). The molecule has 6 nitrogen and oxygen atoms in total. The molecule has 1 fully saturated rings. The third-order valence-corrected chi connectivity index (χ3v) is 4.59. The number of rotatable bonds is 6. The summed E-state index contributed by atoms with van der Waals surface area (Å²) in [4.78, 5) is 17.6. The summed E-state index contributed by atoms with van der Waals surface area (Å²) in [6, 6.07) is 11.5. The molecule has 0 spiro atoms. The molecule has 1 aromatic carbocycles. The summed E-state index contributed by atoms with van der Waals surface area (Å²) < 4.78 is 13.4. The Morgan fingerprint density at radius 3 is 2.62 bits per heavy atom. The van der Waals surface area contributed by atoms with Crippen molar-refractivity contribution in [3.8, 4) is 0 Å². The number of anilines is 1. The lowest BCUT2D eigenvalue weighted by Gasteiger charge is -2.17. The van der Waals surface area contributed by atoms with Crippen molar-refractivity contribution < 1.29 is 14.4 Å². The molecule has 10 heteroatoms. The van der Waals surface area contributed by atoms with Gasteiger partial charge in [0.05, 0.1) is 0 Å². The van der Waals surface area contributed by atoms with Gasteiger partial charge in [-0.1, -0.05) is 23.7 Å². The number of nitrogens with one attached hydrogen (secondary N) is 2. The van der Waals surface area contributed by atoms with Gasteiger partial charge >= 0.3 is 5.91 Å². The highest BCUT2D eigenvalue weighted by molar-refractivity contribution is 6.30. The minimum absolute atomic E-state index is 0. The van der Waals surface area contributed by atoms with E-state index in [1.807, 2.05) is 24.3 Å². The summed E-state index contributed by atoms with van der Waals surface area (Å²) in [5, 5.41) is 12.5. The number of carbonyl (C=O) groups excluding carboxylic acids is 1. The lowest BCUT2D eigenvalue weighted by Crippen LogP contribution is -2.26. The van der Waals surface area contributed by atoms with E-state index in [-0.39, 0.29) is 30.9 Å². The highest BCUT2D eigenvalue weighted by Gasteiger charge is 2.22. The van der Waals surface area contributed by atoms with Crippen molar-refractivity contribution in [2.24, 2.45) is 0 Å². The summed E-state index contributed by atoms with van der Waals surface area (Å²) in [5.41, 5.74) is 2.90. The van der Waals surface area contributed by atoms with Crippen LogP contribution in [0.3, 0.4) is 0 Å². The van der Waals surface area contributed by atoms with Crippen molar-refractivity contribution in [1.29, 1.82) is 0 Å². The zero-order valence-corrected chi connectivity index (χ0v) is 17.7. The number of nitrogens with zero attached hydrogens (tertiary/aromatic N) is 2. The fourth-order valence-electron chi connectivity index (χ4n) is 2.99. The van der Waals surface area contributed by atoms with Crippen molar-refractivity contribution in [2.75, 3.05) is 18.4 Å². The van der Waals surface area contributed by atoms with Gasteiger partial charge in [0.2, 0.25) is 0 Å². The van der Waals surface area contributed by atoms with Gasteiger partial charge < -0.3 is 5.32 Å². The number of amides is 1. The molecular weight excluding hydrogens is 442 g/mol. The normalized spacial score (nSPS) is 16.5. The van der Waals surface area contributed by atoms with E-state index >= 15 is 0 Å². The number of halogens is 4.